The van der Waals surface area contributed by atoms with Crippen molar-refractivity contribution >= 4 is 21.8 Å². The molecule has 0 aliphatic rings. The second kappa shape index (κ2) is 8.90. The van der Waals surface area contributed by atoms with E-state index in [0.29, 0.717) is 34.7 Å². The largest absolute Gasteiger partial charge is 0.493 e. The molecule has 0 bridgehead atoms. The molecule has 0 heterocycles. The van der Waals surface area contributed by atoms with Gasteiger partial charge in [-0.1, -0.05) is 31.2 Å². The van der Waals surface area contributed by atoms with Gasteiger partial charge in [-0.25, -0.2) is 0 Å². The van der Waals surface area contributed by atoms with Gasteiger partial charge in [-0.3, -0.25) is 4.79 Å². The van der Waals surface area contributed by atoms with Crippen LogP contribution in [0.4, 0.5) is 0 Å². The van der Waals surface area contributed by atoms with Crippen LogP contribution in [0.15, 0.2) is 40.9 Å². The standard InChI is InChI=1S/C20H24BrNO3/c1-5-10-25-19-17(21)11-16(12-18(19)24-4)20(23)22(3)13-15-9-7-6-8-14(15)2/h6-9,11-12H,5,10,13H2,1-4H3. The molecule has 0 unspecified atom stereocenters. The predicted octanol–water partition coefficient (Wildman–Crippen LogP) is 4.83. The lowest BCUT2D eigenvalue weighted by molar-refractivity contribution is 0.0784. The summed E-state index contributed by atoms with van der Waals surface area (Å²) in [6.45, 7) is 5.24. The zero-order chi connectivity index (χ0) is 18.4. The highest BCUT2D eigenvalue weighted by molar-refractivity contribution is 9.10. The lowest BCUT2D eigenvalue weighted by Gasteiger charge is -2.20. The number of aryl methyl sites for hydroxylation is 1. The molecule has 0 saturated carbocycles. The highest BCUT2D eigenvalue weighted by Crippen LogP contribution is 2.37. The van der Waals surface area contributed by atoms with E-state index in [2.05, 4.69) is 15.9 Å². The summed E-state index contributed by atoms with van der Waals surface area (Å²) in [5.74, 6) is 1.11. The van der Waals surface area contributed by atoms with Crippen LogP contribution >= 0.6 is 15.9 Å². The van der Waals surface area contributed by atoms with E-state index < -0.39 is 0 Å². The van der Waals surface area contributed by atoms with Crippen LogP contribution in [-0.4, -0.2) is 31.6 Å². The first-order valence-corrected chi connectivity index (χ1v) is 9.07. The summed E-state index contributed by atoms with van der Waals surface area (Å²) in [4.78, 5) is 14.5. The highest BCUT2D eigenvalue weighted by Gasteiger charge is 2.18. The summed E-state index contributed by atoms with van der Waals surface area (Å²) in [6, 6.07) is 11.6. The Balaban J connectivity index is 2.23. The van der Waals surface area contributed by atoms with Crippen LogP contribution in [0.2, 0.25) is 0 Å². The van der Waals surface area contributed by atoms with Gasteiger partial charge in [-0.05, 0) is 52.5 Å². The first-order valence-electron chi connectivity index (χ1n) is 8.28. The minimum atomic E-state index is -0.0655. The Kier molecular flexibility index (Phi) is 6.88. The molecule has 0 spiro atoms. The highest BCUT2D eigenvalue weighted by atomic mass is 79.9. The number of ether oxygens (including phenoxy) is 2. The van der Waals surface area contributed by atoms with Crippen LogP contribution in [-0.2, 0) is 6.54 Å². The number of nitrogens with zero attached hydrogens (tertiary/aromatic N) is 1. The monoisotopic (exact) mass is 405 g/mol. The Bertz CT molecular complexity index is 746. The predicted molar refractivity (Wildman–Crippen MR) is 103 cm³/mol. The van der Waals surface area contributed by atoms with Crippen molar-refractivity contribution in [3.05, 3.63) is 57.6 Å². The van der Waals surface area contributed by atoms with Crippen molar-refractivity contribution in [2.75, 3.05) is 20.8 Å². The van der Waals surface area contributed by atoms with Gasteiger partial charge in [0.25, 0.3) is 5.91 Å². The van der Waals surface area contributed by atoms with Crippen molar-refractivity contribution in [1.82, 2.24) is 4.90 Å². The number of rotatable bonds is 7. The molecular formula is C20H24BrNO3. The fourth-order valence-electron chi connectivity index (χ4n) is 2.52. The Hall–Kier alpha value is -2.01. The molecule has 0 atom stereocenters. The van der Waals surface area contributed by atoms with Gasteiger partial charge in [0, 0.05) is 19.2 Å². The molecule has 2 aromatic carbocycles. The van der Waals surface area contributed by atoms with Gasteiger partial charge < -0.3 is 14.4 Å². The second-order valence-electron chi connectivity index (χ2n) is 5.93. The van der Waals surface area contributed by atoms with E-state index in [0.717, 1.165) is 12.0 Å². The number of hydrogen-bond donors (Lipinski definition) is 0. The number of carbonyl (C=O) groups is 1. The second-order valence-corrected chi connectivity index (χ2v) is 6.78. The molecule has 0 saturated heterocycles. The third-order valence-corrected chi connectivity index (χ3v) is 4.53. The molecule has 0 aliphatic heterocycles. The van der Waals surface area contributed by atoms with Crippen LogP contribution in [0.5, 0.6) is 11.5 Å². The Morgan fingerprint density at radius 2 is 1.96 bits per heavy atom. The average Bonchev–Trinajstić information content (AvgIpc) is 2.61. The fourth-order valence-corrected chi connectivity index (χ4v) is 3.08. The fraction of sp³-hybridized carbons (Fsp3) is 0.350. The molecule has 5 heteroatoms. The summed E-state index contributed by atoms with van der Waals surface area (Å²) in [6.07, 6.45) is 0.898. The van der Waals surface area contributed by atoms with Crippen LogP contribution in [0.25, 0.3) is 0 Å². The summed E-state index contributed by atoms with van der Waals surface area (Å²) < 4.78 is 11.8. The van der Waals surface area contributed by atoms with Crippen molar-refractivity contribution in [3.8, 4) is 11.5 Å². The van der Waals surface area contributed by atoms with Crippen LogP contribution < -0.4 is 9.47 Å². The van der Waals surface area contributed by atoms with E-state index in [1.54, 1.807) is 31.2 Å². The third kappa shape index (κ3) is 4.75. The molecule has 2 aromatic rings. The van der Waals surface area contributed by atoms with Gasteiger partial charge in [-0.15, -0.1) is 0 Å². The maximum atomic E-state index is 12.8. The summed E-state index contributed by atoms with van der Waals surface area (Å²) in [5.41, 5.74) is 2.86. The van der Waals surface area contributed by atoms with Crippen molar-refractivity contribution in [2.24, 2.45) is 0 Å². The number of hydrogen-bond acceptors (Lipinski definition) is 3. The smallest absolute Gasteiger partial charge is 0.254 e. The summed E-state index contributed by atoms with van der Waals surface area (Å²) in [7, 11) is 3.38. The van der Waals surface area contributed by atoms with Gasteiger partial charge in [0.15, 0.2) is 11.5 Å². The molecule has 4 nitrogen and oxygen atoms in total. The molecule has 25 heavy (non-hydrogen) atoms. The molecule has 2 rings (SSSR count). The number of benzene rings is 2. The average molecular weight is 406 g/mol. The molecule has 0 radical (unpaired) electrons. The lowest BCUT2D eigenvalue weighted by Crippen LogP contribution is -2.26. The van der Waals surface area contributed by atoms with E-state index in [4.69, 9.17) is 9.47 Å². The maximum Gasteiger partial charge on any atom is 0.254 e. The summed E-state index contributed by atoms with van der Waals surface area (Å²) >= 11 is 3.49. The SMILES string of the molecule is CCCOc1c(Br)cc(C(=O)N(C)Cc2ccccc2C)cc1OC. The molecule has 0 N–H and O–H groups in total. The molecular weight excluding hydrogens is 382 g/mol. The molecule has 134 valence electrons. The van der Waals surface area contributed by atoms with Crippen molar-refractivity contribution in [2.45, 2.75) is 26.8 Å². The first-order chi connectivity index (χ1) is 12.0. The van der Waals surface area contributed by atoms with Gasteiger partial charge in [-0.2, -0.15) is 0 Å². The summed E-state index contributed by atoms with van der Waals surface area (Å²) in [5, 5.41) is 0. The number of amides is 1. The number of carbonyl (C=O) groups excluding carboxylic acids is 1. The quantitative estimate of drug-likeness (QED) is 0.662. The maximum absolute atomic E-state index is 12.8. The van der Waals surface area contributed by atoms with Crippen molar-refractivity contribution in [1.29, 1.82) is 0 Å². The Morgan fingerprint density at radius 1 is 1.24 bits per heavy atom. The number of methoxy groups -OCH3 is 1. The van der Waals surface area contributed by atoms with Crippen LogP contribution in [0.1, 0.15) is 34.8 Å². The van der Waals surface area contributed by atoms with Gasteiger partial charge in [0.05, 0.1) is 18.2 Å². The van der Waals surface area contributed by atoms with Crippen molar-refractivity contribution in [3.63, 3.8) is 0 Å². The van der Waals surface area contributed by atoms with E-state index in [9.17, 15) is 4.79 Å². The lowest BCUT2D eigenvalue weighted by atomic mass is 10.1. The minimum absolute atomic E-state index is 0.0655. The van der Waals surface area contributed by atoms with E-state index in [-0.39, 0.29) is 5.91 Å². The Morgan fingerprint density at radius 3 is 2.60 bits per heavy atom. The first kappa shape index (κ1) is 19.3. The normalized spacial score (nSPS) is 10.4. The Labute approximate surface area is 157 Å². The zero-order valence-electron chi connectivity index (χ0n) is 15.1. The van der Waals surface area contributed by atoms with Gasteiger partial charge >= 0.3 is 0 Å². The van der Waals surface area contributed by atoms with Gasteiger partial charge in [0.2, 0.25) is 0 Å². The number of halogens is 1. The molecule has 1 amide bonds. The van der Waals surface area contributed by atoms with E-state index in [1.165, 1.54) is 5.56 Å². The van der Waals surface area contributed by atoms with Crippen LogP contribution in [0, 0.1) is 6.92 Å². The van der Waals surface area contributed by atoms with E-state index >= 15 is 0 Å². The molecule has 0 fully saturated rings. The van der Waals surface area contributed by atoms with Crippen molar-refractivity contribution < 1.29 is 14.3 Å². The van der Waals surface area contributed by atoms with E-state index in [1.807, 2.05) is 38.1 Å². The third-order valence-electron chi connectivity index (χ3n) is 3.94. The zero-order valence-corrected chi connectivity index (χ0v) is 16.7. The molecule has 0 aliphatic carbocycles. The van der Waals surface area contributed by atoms with Crippen LogP contribution in [0.3, 0.4) is 0 Å². The topological polar surface area (TPSA) is 38.8 Å². The van der Waals surface area contributed by atoms with Gasteiger partial charge in [0.1, 0.15) is 0 Å². The molecule has 0 aromatic heterocycles. The minimum Gasteiger partial charge on any atom is -0.493 e.